The average Bonchev–Trinajstić information content (AvgIpc) is 2.76. The lowest BCUT2D eigenvalue weighted by Gasteiger charge is -2.31. The molecule has 0 nitrogen and oxygen atoms in total. The maximum Gasteiger partial charge on any atom is 0.422 e. The van der Waals surface area contributed by atoms with E-state index in [2.05, 4.69) is 43.0 Å². The monoisotopic (exact) mass is 456 g/mol. The molecule has 0 aliphatic heterocycles. The van der Waals surface area contributed by atoms with Gasteiger partial charge in [0.05, 0.1) is 0 Å². The van der Waals surface area contributed by atoms with E-state index in [1.807, 2.05) is 12.1 Å². The molecule has 0 saturated carbocycles. The van der Waals surface area contributed by atoms with Crippen molar-refractivity contribution in [3.05, 3.63) is 82.4 Å². The topological polar surface area (TPSA) is 0 Å². The summed E-state index contributed by atoms with van der Waals surface area (Å²) >= 11 is 0. The van der Waals surface area contributed by atoms with Crippen molar-refractivity contribution in [1.29, 1.82) is 0 Å². The number of fused-ring (bicyclic) bond motifs is 3. The zero-order chi connectivity index (χ0) is 23.6. The van der Waals surface area contributed by atoms with Crippen molar-refractivity contribution in [1.82, 2.24) is 0 Å². The van der Waals surface area contributed by atoms with Crippen LogP contribution in [0.15, 0.2) is 48.5 Å². The maximum absolute atomic E-state index is 14.0. The quantitative estimate of drug-likeness (QED) is 0.210. The molecule has 0 N–H and O–H groups in total. The number of halogens is 5. The van der Waals surface area contributed by atoms with Crippen molar-refractivity contribution in [2.24, 2.45) is 5.92 Å². The normalized spacial score (nSPS) is 18.0. The molecule has 1 aliphatic carbocycles. The van der Waals surface area contributed by atoms with E-state index in [9.17, 15) is 22.0 Å². The molecule has 172 valence electrons. The van der Waals surface area contributed by atoms with Gasteiger partial charge in [-0.15, -0.1) is 0 Å². The van der Waals surface area contributed by atoms with E-state index < -0.39 is 23.4 Å². The standard InChI is InChI=1S/C28H25F5/c1-2-3-4-7-20-12-14-23-21-9-6-5-8-19(21)11-15-24(23)22(20)13-10-18-16-25(29)27(26(30)17-18)28(31,32)33/h5-6,8-9,11,15-17,20,22H,2-4,7,12,14H2,1H3/t20-,22+/m1/s1. The van der Waals surface area contributed by atoms with Crippen LogP contribution in [-0.4, -0.2) is 0 Å². The molecule has 0 bridgehead atoms. The van der Waals surface area contributed by atoms with Crippen LogP contribution in [0.5, 0.6) is 0 Å². The van der Waals surface area contributed by atoms with Gasteiger partial charge in [0.25, 0.3) is 0 Å². The summed E-state index contributed by atoms with van der Waals surface area (Å²) in [5.74, 6) is 2.85. The van der Waals surface area contributed by atoms with Gasteiger partial charge in [-0.2, -0.15) is 13.2 Å². The summed E-state index contributed by atoms with van der Waals surface area (Å²) in [6, 6.07) is 13.7. The first-order valence-corrected chi connectivity index (χ1v) is 11.4. The fourth-order valence-electron chi connectivity index (χ4n) is 4.91. The van der Waals surface area contributed by atoms with Crippen molar-refractivity contribution in [2.45, 2.75) is 57.5 Å². The summed E-state index contributed by atoms with van der Waals surface area (Å²) < 4.78 is 66.8. The number of unbranched alkanes of at least 4 members (excludes halogenated alkanes) is 2. The van der Waals surface area contributed by atoms with Crippen LogP contribution in [0.2, 0.25) is 0 Å². The number of rotatable bonds is 4. The molecule has 3 aromatic rings. The van der Waals surface area contributed by atoms with E-state index in [-0.39, 0.29) is 11.5 Å². The van der Waals surface area contributed by atoms with Gasteiger partial charge in [-0.1, -0.05) is 74.4 Å². The van der Waals surface area contributed by atoms with E-state index in [4.69, 9.17) is 0 Å². The molecule has 2 atom stereocenters. The van der Waals surface area contributed by atoms with Gasteiger partial charge in [-0.25, -0.2) is 8.78 Å². The van der Waals surface area contributed by atoms with Crippen molar-refractivity contribution in [3.8, 4) is 11.8 Å². The van der Waals surface area contributed by atoms with Crippen LogP contribution in [0, 0.1) is 29.4 Å². The molecule has 0 saturated heterocycles. The van der Waals surface area contributed by atoms with Gasteiger partial charge in [0.2, 0.25) is 0 Å². The Kier molecular flexibility index (Phi) is 6.74. The van der Waals surface area contributed by atoms with Crippen molar-refractivity contribution >= 4 is 10.8 Å². The molecule has 0 fully saturated rings. The lowest BCUT2D eigenvalue weighted by Crippen LogP contribution is -2.20. The molecule has 5 heteroatoms. The largest absolute Gasteiger partial charge is 0.422 e. The summed E-state index contributed by atoms with van der Waals surface area (Å²) in [5, 5.41) is 2.33. The highest BCUT2D eigenvalue weighted by Crippen LogP contribution is 2.41. The predicted molar refractivity (Wildman–Crippen MR) is 121 cm³/mol. The van der Waals surface area contributed by atoms with E-state index >= 15 is 0 Å². The van der Waals surface area contributed by atoms with Crippen LogP contribution >= 0.6 is 0 Å². The van der Waals surface area contributed by atoms with Gasteiger partial charge in [-0.05, 0) is 59.2 Å². The zero-order valence-corrected chi connectivity index (χ0v) is 18.4. The Morgan fingerprint density at radius 2 is 1.70 bits per heavy atom. The summed E-state index contributed by atoms with van der Waals surface area (Å²) in [7, 11) is 0. The second kappa shape index (κ2) is 9.55. The first kappa shape index (κ1) is 23.3. The number of hydrogen-bond acceptors (Lipinski definition) is 0. The van der Waals surface area contributed by atoms with Crippen molar-refractivity contribution in [3.63, 3.8) is 0 Å². The van der Waals surface area contributed by atoms with E-state index in [0.717, 1.165) is 49.5 Å². The molecule has 1 aliphatic rings. The molecule has 3 aromatic carbocycles. The van der Waals surface area contributed by atoms with E-state index in [0.29, 0.717) is 18.1 Å². The molecule has 0 unspecified atom stereocenters. The van der Waals surface area contributed by atoms with Crippen molar-refractivity contribution < 1.29 is 22.0 Å². The summed E-state index contributed by atoms with van der Waals surface area (Å²) in [6.07, 6.45) is 1.11. The minimum Gasteiger partial charge on any atom is -0.206 e. The minimum absolute atomic E-state index is 0.0850. The first-order chi connectivity index (χ1) is 15.8. The van der Waals surface area contributed by atoms with Crippen LogP contribution in [0.4, 0.5) is 22.0 Å². The van der Waals surface area contributed by atoms with Crippen LogP contribution in [0.3, 0.4) is 0 Å². The Bertz CT molecular complexity index is 1190. The average molecular weight is 456 g/mol. The molecule has 0 spiro atoms. The molecule has 33 heavy (non-hydrogen) atoms. The van der Waals surface area contributed by atoms with Gasteiger partial charge in [-0.3, -0.25) is 0 Å². The number of alkyl halides is 3. The summed E-state index contributed by atoms with van der Waals surface area (Å²) in [4.78, 5) is 0. The van der Waals surface area contributed by atoms with Crippen LogP contribution in [0.25, 0.3) is 10.8 Å². The second-order valence-corrected chi connectivity index (χ2v) is 8.71. The Labute approximate surface area is 190 Å². The van der Waals surface area contributed by atoms with Crippen LogP contribution in [0.1, 0.15) is 67.2 Å². The fraction of sp³-hybridized carbons (Fsp3) is 0.357. The molecule has 4 rings (SSSR count). The first-order valence-electron chi connectivity index (χ1n) is 11.4. The Hall–Kier alpha value is -2.87. The van der Waals surface area contributed by atoms with Gasteiger partial charge in [0.1, 0.15) is 17.2 Å². The lowest BCUT2D eigenvalue weighted by atomic mass is 9.72. The molecular formula is C28H25F5. The highest BCUT2D eigenvalue weighted by atomic mass is 19.4. The summed E-state index contributed by atoms with van der Waals surface area (Å²) in [5.41, 5.74) is 0.393. The highest BCUT2D eigenvalue weighted by Gasteiger charge is 2.38. The molecule has 0 heterocycles. The Morgan fingerprint density at radius 3 is 2.39 bits per heavy atom. The predicted octanol–water partition coefficient (Wildman–Crippen LogP) is 8.41. The zero-order valence-electron chi connectivity index (χ0n) is 18.4. The maximum atomic E-state index is 14.0. The Morgan fingerprint density at radius 1 is 0.970 bits per heavy atom. The lowest BCUT2D eigenvalue weighted by molar-refractivity contribution is -0.142. The molecular weight excluding hydrogens is 431 g/mol. The van der Waals surface area contributed by atoms with Gasteiger partial charge >= 0.3 is 6.18 Å². The molecule has 0 radical (unpaired) electrons. The summed E-state index contributed by atoms with van der Waals surface area (Å²) in [6.45, 7) is 2.15. The number of benzene rings is 3. The second-order valence-electron chi connectivity index (χ2n) is 8.71. The van der Waals surface area contributed by atoms with Crippen molar-refractivity contribution in [2.75, 3.05) is 0 Å². The van der Waals surface area contributed by atoms with Gasteiger partial charge in [0.15, 0.2) is 0 Å². The Balaban J connectivity index is 1.74. The highest BCUT2D eigenvalue weighted by molar-refractivity contribution is 5.87. The van der Waals surface area contributed by atoms with Gasteiger partial charge < -0.3 is 0 Å². The minimum atomic E-state index is -5.09. The number of aryl methyl sites for hydroxylation is 1. The third-order valence-corrected chi connectivity index (χ3v) is 6.52. The van der Waals surface area contributed by atoms with Crippen LogP contribution < -0.4 is 0 Å². The fourth-order valence-corrected chi connectivity index (χ4v) is 4.91. The van der Waals surface area contributed by atoms with E-state index in [1.54, 1.807) is 0 Å². The SMILES string of the molecule is CCCCC[C@@H]1CCc2c(ccc3ccccc23)[C@H]1C#Cc1cc(F)c(C(F)(F)F)c(F)c1. The number of hydrogen-bond donors (Lipinski definition) is 0. The molecule has 0 amide bonds. The third kappa shape index (κ3) is 4.90. The molecule has 0 aromatic heterocycles. The van der Waals surface area contributed by atoms with E-state index in [1.165, 1.54) is 10.9 Å². The van der Waals surface area contributed by atoms with Crippen LogP contribution in [-0.2, 0) is 12.6 Å². The van der Waals surface area contributed by atoms with Gasteiger partial charge in [0, 0.05) is 11.5 Å². The third-order valence-electron chi connectivity index (χ3n) is 6.52. The smallest absolute Gasteiger partial charge is 0.206 e.